The average molecular weight is 462 g/mol. The maximum Gasteiger partial charge on any atom is 0.257 e. The van der Waals surface area contributed by atoms with Gasteiger partial charge in [-0.25, -0.2) is 0 Å². The molecule has 0 saturated carbocycles. The molecule has 1 aromatic heterocycles. The van der Waals surface area contributed by atoms with Crippen molar-refractivity contribution in [2.24, 2.45) is 0 Å². The lowest BCUT2D eigenvalue weighted by atomic mass is 10.1. The van der Waals surface area contributed by atoms with E-state index in [0.717, 1.165) is 16.4 Å². The van der Waals surface area contributed by atoms with E-state index in [1.54, 1.807) is 10.8 Å². The Kier molecular flexibility index (Phi) is 6.11. The van der Waals surface area contributed by atoms with Crippen molar-refractivity contribution in [3.63, 3.8) is 0 Å². The van der Waals surface area contributed by atoms with Crippen molar-refractivity contribution < 1.29 is 14.3 Å². The summed E-state index contributed by atoms with van der Waals surface area (Å²) in [5.74, 6) is -0.380. The number of amides is 1. The number of methoxy groups -OCH3 is 1. The number of pyridine rings is 1. The van der Waals surface area contributed by atoms with E-state index in [4.69, 9.17) is 21.1 Å². The third kappa shape index (κ3) is 3.98. The number of hydrogen-bond acceptors (Lipinski definition) is 5. The summed E-state index contributed by atoms with van der Waals surface area (Å²) in [4.78, 5) is 27.9. The first kappa shape index (κ1) is 21.9. The number of fused-ring (bicyclic) bond motifs is 2. The molecule has 0 bridgehead atoms. The van der Waals surface area contributed by atoms with Crippen molar-refractivity contribution in [2.45, 2.75) is 38.2 Å². The number of benzene rings is 1. The molecule has 2 aromatic rings. The largest absolute Gasteiger partial charge is 0.491 e. The summed E-state index contributed by atoms with van der Waals surface area (Å²) in [5.41, 5.74) is 2.37. The smallest absolute Gasteiger partial charge is 0.257 e. The number of alkyl halides is 1. The SMILES string of the molecule is C=C1c2c(OC)c(=O)c(C(=O)NCc3ccc(P)cc3C)cn2CC2OCCC(Cl)N12. The fraction of sp³-hybridized carbons (Fsp3) is 0.364. The second kappa shape index (κ2) is 8.65. The van der Waals surface area contributed by atoms with E-state index < -0.39 is 11.3 Å². The first-order valence-corrected chi connectivity index (χ1v) is 11.0. The Morgan fingerprint density at radius 1 is 1.45 bits per heavy atom. The molecule has 1 N–H and O–H groups in total. The van der Waals surface area contributed by atoms with Gasteiger partial charge in [0.15, 0.2) is 5.75 Å². The summed E-state index contributed by atoms with van der Waals surface area (Å²) in [6.07, 6.45) is 1.89. The van der Waals surface area contributed by atoms with E-state index in [-0.39, 0.29) is 23.0 Å². The van der Waals surface area contributed by atoms with Crippen LogP contribution in [-0.2, 0) is 17.8 Å². The minimum Gasteiger partial charge on any atom is -0.491 e. The quantitative estimate of drug-likeness (QED) is 0.429. The summed E-state index contributed by atoms with van der Waals surface area (Å²) in [7, 11) is 4.06. The summed E-state index contributed by atoms with van der Waals surface area (Å²) < 4.78 is 13.1. The molecular formula is C22H25ClN3O4P. The van der Waals surface area contributed by atoms with Crippen molar-refractivity contribution >= 4 is 37.7 Å². The predicted octanol–water partition coefficient (Wildman–Crippen LogP) is 2.19. The molecule has 31 heavy (non-hydrogen) atoms. The van der Waals surface area contributed by atoms with Gasteiger partial charge in [0.05, 0.1) is 26.0 Å². The highest BCUT2D eigenvalue weighted by atomic mass is 35.5. The molecule has 1 amide bonds. The van der Waals surface area contributed by atoms with Gasteiger partial charge in [-0.3, -0.25) is 9.59 Å². The van der Waals surface area contributed by atoms with E-state index >= 15 is 0 Å². The number of ether oxygens (including phenoxy) is 2. The van der Waals surface area contributed by atoms with Gasteiger partial charge in [0, 0.05) is 19.2 Å². The van der Waals surface area contributed by atoms with Crippen LogP contribution >= 0.6 is 20.8 Å². The third-order valence-electron chi connectivity index (χ3n) is 5.71. The Balaban J connectivity index is 1.66. The molecule has 1 fully saturated rings. The zero-order valence-electron chi connectivity index (χ0n) is 17.5. The van der Waals surface area contributed by atoms with Crippen LogP contribution in [-0.4, -0.2) is 40.8 Å². The molecule has 3 heterocycles. The van der Waals surface area contributed by atoms with Crippen molar-refractivity contribution in [3.8, 4) is 5.75 Å². The van der Waals surface area contributed by atoms with Crippen LogP contribution < -0.4 is 20.8 Å². The second-order valence-electron chi connectivity index (χ2n) is 7.68. The molecule has 1 saturated heterocycles. The van der Waals surface area contributed by atoms with Crippen molar-refractivity contribution in [1.82, 2.24) is 14.8 Å². The summed E-state index contributed by atoms with van der Waals surface area (Å²) in [5, 5.41) is 3.92. The maximum atomic E-state index is 13.1. The van der Waals surface area contributed by atoms with Gasteiger partial charge in [-0.05, 0) is 23.4 Å². The van der Waals surface area contributed by atoms with E-state index in [9.17, 15) is 9.59 Å². The summed E-state index contributed by atoms with van der Waals surface area (Å²) >= 11 is 6.48. The van der Waals surface area contributed by atoms with E-state index in [1.807, 2.05) is 30.0 Å². The highest BCUT2D eigenvalue weighted by molar-refractivity contribution is 7.27. The van der Waals surface area contributed by atoms with Crippen molar-refractivity contribution in [2.75, 3.05) is 13.7 Å². The van der Waals surface area contributed by atoms with Crippen LogP contribution in [0.1, 0.15) is 33.6 Å². The maximum absolute atomic E-state index is 13.1. The lowest BCUT2D eigenvalue weighted by Gasteiger charge is -2.46. The van der Waals surface area contributed by atoms with Crippen molar-refractivity contribution in [3.05, 3.63) is 63.6 Å². The molecule has 3 unspecified atom stereocenters. The van der Waals surface area contributed by atoms with Crippen LogP contribution in [0.15, 0.2) is 35.8 Å². The van der Waals surface area contributed by atoms with Gasteiger partial charge in [0.25, 0.3) is 5.91 Å². The number of nitrogens with zero attached hydrogens (tertiary/aromatic N) is 2. The molecule has 0 radical (unpaired) electrons. The van der Waals surface area contributed by atoms with Crippen LogP contribution in [0, 0.1) is 6.92 Å². The van der Waals surface area contributed by atoms with Crippen LogP contribution in [0.3, 0.4) is 0 Å². The zero-order chi connectivity index (χ0) is 22.3. The normalized spacial score (nSPS) is 20.1. The lowest BCUT2D eigenvalue weighted by Crippen LogP contribution is -2.51. The van der Waals surface area contributed by atoms with E-state index in [0.29, 0.717) is 37.5 Å². The number of hydrogen-bond donors (Lipinski definition) is 1. The van der Waals surface area contributed by atoms with Gasteiger partial charge < -0.3 is 24.3 Å². The zero-order valence-corrected chi connectivity index (χ0v) is 19.4. The van der Waals surface area contributed by atoms with Gasteiger partial charge in [0.2, 0.25) is 5.43 Å². The number of carbonyl (C=O) groups is 1. The first-order valence-electron chi connectivity index (χ1n) is 9.99. The van der Waals surface area contributed by atoms with Gasteiger partial charge in [-0.1, -0.05) is 36.4 Å². The van der Waals surface area contributed by atoms with Gasteiger partial charge >= 0.3 is 0 Å². The molecule has 7 nitrogen and oxygen atoms in total. The third-order valence-corrected chi connectivity index (χ3v) is 6.50. The van der Waals surface area contributed by atoms with Crippen LogP contribution in [0.2, 0.25) is 0 Å². The predicted molar refractivity (Wildman–Crippen MR) is 124 cm³/mol. The highest BCUT2D eigenvalue weighted by Gasteiger charge is 2.38. The van der Waals surface area contributed by atoms with E-state index in [1.165, 1.54) is 7.11 Å². The number of halogens is 1. The Hall–Kier alpha value is -2.34. The molecule has 4 rings (SSSR count). The fourth-order valence-corrected chi connectivity index (χ4v) is 4.77. The minimum absolute atomic E-state index is 0.0143. The molecular weight excluding hydrogens is 437 g/mol. The second-order valence-corrected chi connectivity index (χ2v) is 8.85. The Bertz CT molecular complexity index is 1120. The molecule has 0 spiro atoms. The van der Waals surface area contributed by atoms with E-state index in [2.05, 4.69) is 21.1 Å². The molecule has 0 aliphatic carbocycles. The minimum atomic E-state index is -0.480. The molecule has 9 heteroatoms. The summed E-state index contributed by atoms with van der Waals surface area (Å²) in [6, 6.07) is 5.94. The summed E-state index contributed by atoms with van der Waals surface area (Å²) in [6.45, 7) is 7.37. The average Bonchev–Trinajstić information content (AvgIpc) is 2.73. The Morgan fingerprint density at radius 3 is 2.94 bits per heavy atom. The topological polar surface area (TPSA) is 72.8 Å². The Labute approximate surface area is 188 Å². The first-order chi connectivity index (χ1) is 14.8. The number of aryl methyl sites for hydroxylation is 1. The highest BCUT2D eigenvalue weighted by Crippen LogP contribution is 2.37. The standard InChI is InChI=1S/C22H25ClN3O4P/c1-12-8-15(31)5-4-14(12)9-24-22(28)16-10-25-11-18-26(17(23)6-7-30-18)13(2)19(25)21(29-3)20(16)27/h4-5,8,10,17-18H,2,6-7,9,11,31H2,1,3H3,(H,24,28). The lowest BCUT2D eigenvalue weighted by molar-refractivity contribution is -0.0898. The molecule has 2 aliphatic rings. The fourth-order valence-electron chi connectivity index (χ4n) is 4.09. The molecule has 164 valence electrons. The monoisotopic (exact) mass is 461 g/mol. The number of nitrogens with one attached hydrogen (secondary N) is 1. The van der Waals surface area contributed by atoms with Crippen LogP contribution in [0.5, 0.6) is 5.75 Å². The Morgan fingerprint density at radius 2 is 2.23 bits per heavy atom. The van der Waals surface area contributed by atoms with Crippen LogP contribution in [0.4, 0.5) is 0 Å². The van der Waals surface area contributed by atoms with Gasteiger partial charge in [-0.15, -0.1) is 9.24 Å². The van der Waals surface area contributed by atoms with Crippen molar-refractivity contribution in [1.29, 1.82) is 0 Å². The number of rotatable bonds is 4. The molecule has 1 aromatic carbocycles. The molecule has 3 atom stereocenters. The number of carbonyl (C=O) groups excluding carboxylic acids is 1. The van der Waals surface area contributed by atoms with Gasteiger partial charge in [-0.2, -0.15) is 0 Å². The number of aromatic nitrogens is 1. The van der Waals surface area contributed by atoms with Gasteiger partial charge in [0.1, 0.15) is 23.0 Å². The molecule has 2 aliphatic heterocycles. The van der Waals surface area contributed by atoms with Crippen LogP contribution in [0.25, 0.3) is 5.70 Å².